The van der Waals surface area contributed by atoms with Crippen LogP contribution < -0.4 is 0 Å². The summed E-state index contributed by atoms with van der Waals surface area (Å²) in [6, 6.07) is 0. The Morgan fingerprint density at radius 3 is 1.12 bits per heavy atom. The van der Waals surface area contributed by atoms with E-state index in [4.69, 9.17) is 17.5 Å². The van der Waals surface area contributed by atoms with Crippen LogP contribution in [0.4, 0.5) is 0 Å². The van der Waals surface area contributed by atoms with Crippen molar-refractivity contribution in [2.75, 3.05) is 0 Å². The van der Waals surface area contributed by atoms with Gasteiger partial charge in [-0.1, -0.05) is 0 Å². The molecule has 4 nitrogen and oxygen atoms in total. The molecule has 0 aliphatic heterocycles. The Morgan fingerprint density at radius 1 is 1.12 bits per heavy atom. The molecule has 0 aromatic heterocycles. The van der Waals surface area contributed by atoms with E-state index in [1.54, 1.807) is 0 Å². The van der Waals surface area contributed by atoms with E-state index in [1.807, 2.05) is 0 Å². The van der Waals surface area contributed by atoms with Crippen LogP contribution in [0.25, 0.3) is 0 Å². The monoisotopic (exact) mass is 412 g/mol. The summed E-state index contributed by atoms with van der Waals surface area (Å²) in [4.78, 5) is 0. The van der Waals surface area contributed by atoms with Crippen molar-refractivity contribution in [3.05, 3.63) is 0 Å². The van der Waals surface area contributed by atoms with Gasteiger partial charge < -0.3 is 5.71 Å². The number of rotatable bonds is 0. The average Bonchev–Trinajstić information content (AvgIpc) is 0.722. The van der Waals surface area contributed by atoms with Crippen LogP contribution in [-0.4, -0.2) is 115 Å². The van der Waals surface area contributed by atoms with E-state index in [-0.39, 0.29) is 117 Å². The molecule has 0 aromatic rings. The van der Waals surface area contributed by atoms with Gasteiger partial charge in [0.15, 0.2) is 0 Å². The largest absolute Gasteiger partial charge is 2.00 e. The molecule has 0 aliphatic rings. The first-order chi connectivity index (χ1) is 2.00. The molecule has 0 saturated heterocycles. The Bertz CT molecular complexity index is 106. The third kappa shape index (κ3) is 57.9. The summed E-state index contributed by atoms with van der Waals surface area (Å²) in [5.74, 6) is 0. The van der Waals surface area contributed by atoms with Gasteiger partial charge in [-0.05, 0) is 0 Å². The van der Waals surface area contributed by atoms with Crippen LogP contribution in [-0.2, 0) is 10.4 Å². The zero-order valence-electron chi connectivity index (χ0n) is 8.03. The van der Waals surface area contributed by atoms with Gasteiger partial charge in [0.25, 0.3) is 0 Å². The van der Waals surface area contributed by atoms with Crippen LogP contribution in [0, 0.1) is 0 Å². The van der Waals surface area contributed by atoms with Crippen molar-refractivity contribution in [1.82, 2.24) is 0 Å². The third-order valence-corrected chi connectivity index (χ3v) is 0. The molecule has 0 radical (unpaired) electrons. The first kappa shape index (κ1) is 22.5. The second-order valence-corrected chi connectivity index (χ2v) is 1.34. The fraction of sp³-hybridized carbons (Fsp3) is 0. The summed E-state index contributed by atoms with van der Waals surface area (Å²) in [6.45, 7) is 0. The molecular weight excluding hydrogens is 403 g/mol. The first-order valence-corrected chi connectivity index (χ1v) is 2.10. The summed E-state index contributed by atoms with van der Waals surface area (Å²) >= 11 is 0. The summed E-state index contributed by atoms with van der Waals surface area (Å²) < 4.78 is 31.6. The summed E-state index contributed by atoms with van der Waals surface area (Å²) in [6.07, 6.45) is 0. The van der Waals surface area contributed by atoms with Gasteiger partial charge in [-0.2, -0.15) is 21.9 Å². The molecule has 0 spiro atoms. The van der Waals surface area contributed by atoms with Crippen molar-refractivity contribution in [3.8, 4) is 0 Å². The molecule has 0 fully saturated rings. The van der Waals surface area contributed by atoms with Crippen molar-refractivity contribution in [3.63, 3.8) is 0 Å². The predicted octanol–water partition coefficient (Wildman–Crippen LogP) is -0.852. The molecule has 0 heterocycles. The maximum absolute atomic E-state index is 8.74. The number of hydrogen-bond donors (Lipinski definition) is 2. The van der Waals surface area contributed by atoms with Crippen LogP contribution in [0.15, 0.2) is 0 Å². The molecule has 0 atom stereocenters. The Labute approximate surface area is 141 Å². The Morgan fingerprint density at radius 2 is 1.12 bits per heavy atom. The van der Waals surface area contributed by atoms with Crippen molar-refractivity contribution >= 4 is 122 Å². The normalized spacial score (nSPS) is 7.25. The molecular formula is H8Ba2O4S2. The van der Waals surface area contributed by atoms with Crippen molar-refractivity contribution in [2.45, 2.75) is 0 Å². The second kappa shape index (κ2) is 10.4. The second-order valence-electron chi connectivity index (χ2n) is 0.448. The van der Waals surface area contributed by atoms with Crippen LogP contribution in [0.3, 0.4) is 0 Å². The van der Waals surface area contributed by atoms with Gasteiger partial charge in [-0.25, -0.2) is 0 Å². The van der Waals surface area contributed by atoms with E-state index in [9.17, 15) is 0 Å². The van der Waals surface area contributed by atoms with E-state index in [0.717, 1.165) is 0 Å². The molecule has 0 rings (SSSR count). The van der Waals surface area contributed by atoms with E-state index < -0.39 is 10.4 Å². The SMILES string of the molecule is O=S(=O)(O)O.S.[Ba+2].[Ba+2].[H-].[H-].[H-].[H-]. The molecule has 0 bridgehead atoms. The summed E-state index contributed by atoms with van der Waals surface area (Å²) in [5, 5.41) is 0. The Kier molecular flexibility index (Phi) is 29.2. The maximum Gasteiger partial charge on any atom is 2.00 e. The summed E-state index contributed by atoms with van der Waals surface area (Å²) in [5.41, 5.74) is 0. The predicted molar refractivity (Wildman–Crippen MR) is 40.5 cm³/mol. The smallest absolute Gasteiger partial charge is 1.00 e. The molecule has 0 aromatic carbocycles. The minimum Gasteiger partial charge on any atom is -1.00 e. The molecule has 8 heteroatoms. The van der Waals surface area contributed by atoms with Gasteiger partial charge in [0.1, 0.15) is 0 Å². The molecule has 8 heavy (non-hydrogen) atoms. The molecule has 0 saturated carbocycles. The first-order valence-electron chi connectivity index (χ1n) is 0.698. The zero-order chi connectivity index (χ0) is 4.50. The molecule has 48 valence electrons. The molecule has 0 aliphatic carbocycles. The minimum absolute atomic E-state index is 0. The van der Waals surface area contributed by atoms with Crippen LogP contribution in [0.2, 0.25) is 0 Å². The standard InChI is InChI=1S/2Ba.H2O4S.H2S.4H/c;;1-5(2,3)4;;;;;/h;;(H2,1,2,3,4);1H2;;;;/q2*+2;;;4*-1. The Hall–Kier alpha value is 3.36. The maximum atomic E-state index is 8.74. The van der Waals surface area contributed by atoms with Crippen molar-refractivity contribution in [2.24, 2.45) is 0 Å². The summed E-state index contributed by atoms with van der Waals surface area (Å²) in [7, 11) is -4.67. The minimum atomic E-state index is -4.67. The van der Waals surface area contributed by atoms with Gasteiger partial charge in [0.05, 0.1) is 0 Å². The molecule has 2 N–H and O–H groups in total. The van der Waals surface area contributed by atoms with Gasteiger partial charge in [0.2, 0.25) is 0 Å². The molecule has 0 unspecified atom stereocenters. The fourth-order valence-electron chi connectivity index (χ4n) is 0. The van der Waals surface area contributed by atoms with Gasteiger partial charge >= 0.3 is 108 Å². The van der Waals surface area contributed by atoms with E-state index >= 15 is 0 Å². The fourth-order valence-corrected chi connectivity index (χ4v) is 0. The van der Waals surface area contributed by atoms with Gasteiger partial charge in [-0.3, -0.25) is 9.11 Å². The van der Waals surface area contributed by atoms with E-state index in [1.165, 1.54) is 0 Å². The van der Waals surface area contributed by atoms with Crippen LogP contribution in [0.1, 0.15) is 5.71 Å². The zero-order valence-corrected chi connectivity index (χ0v) is 14.7. The van der Waals surface area contributed by atoms with Crippen molar-refractivity contribution < 1.29 is 23.2 Å². The topological polar surface area (TPSA) is 74.6 Å². The van der Waals surface area contributed by atoms with Gasteiger partial charge in [-0.15, -0.1) is 0 Å². The quantitative estimate of drug-likeness (QED) is 0.403. The van der Waals surface area contributed by atoms with E-state index in [2.05, 4.69) is 0 Å². The van der Waals surface area contributed by atoms with Crippen molar-refractivity contribution in [1.29, 1.82) is 0 Å². The third-order valence-electron chi connectivity index (χ3n) is 0. The average molecular weight is 411 g/mol. The van der Waals surface area contributed by atoms with Crippen LogP contribution >= 0.6 is 13.5 Å². The molecule has 0 amide bonds. The van der Waals surface area contributed by atoms with Crippen LogP contribution in [0.5, 0.6) is 0 Å². The number of hydrogen-bond acceptors (Lipinski definition) is 2. The van der Waals surface area contributed by atoms with E-state index in [0.29, 0.717) is 0 Å². The van der Waals surface area contributed by atoms with Gasteiger partial charge in [0, 0.05) is 0 Å². The Balaban J connectivity index is -0.00000000381.